The van der Waals surface area contributed by atoms with Gasteiger partial charge in [-0.3, -0.25) is 9.36 Å². The van der Waals surface area contributed by atoms with Crippen LogP contribution in [0.4, 0.5) is 0 Å². The molecule has 0 radical (unpaired) electrons. The summed E-state index contributed by atoms with van der Waals surface area (Å²) in [6, 6.07) is 10.2. The first-order valence-corrected chi connectivity index (χ1v) is 9.74. The predicted octanol–water partition coefficient (Wildman–Crippen LogP) is 3.78. The molecule has 0 bridgehead atoms. The first-order valence-electron chi connectivity index (χ1n) is 8.92. The number of nitrogens with zero attached hydrogens (tertiary/aromatic N) is 2. The van der Waals surface area contributed by atoms with Gasteiger partial charge in [0.2, 0.25) is 5.76 Å². The zero-order valence-corrected chi connectivity index (χ0v) is 16.8. The van der Waals surface area contributed by atoms with Crippen molar-refractivity contribution in [3.8, 4) is 11.4 Å². The van der Waals surface area contributed by atoms with E-state index in [9.17, 15) is 19.5 Å². The van der Waals surface area contributed by atoms with Gasteiger partial charge in [-0.2, -0.15) is 0 Å². The van der Waals surface area contributed by atoms with Gasteiger partial charge < -0.3 is 14.6 Å². The molecule has 0 saturated heterocycles. The van der Waals surface area contributed by atoms with Crippen LogP contribution in [-0.2, 0) is 6.54 Å². The van der Waals surface area contributed by atoms with E-state index in [2.05, 4.69) is 4.98 Å². The van der Waals surface area contributed by atoms with Crippen molar-refractivity contribution in [2.24, 2.45) is 0 Å². The van der Waals surface area contributed by atoms with Crippen LogP contribution < -0.4 is 5.56 Å². The Morgan fingerprint density at radius 3 is 2.37 bits per heavy atom. The standard InChI is InChI=1S/C21H16N2O6S/c1-10-3-5-12(6-4-10)17-22-18-15(11(2)16(30-18)21(27)28)19(24)23(17)9-13-7-8-14(29-13)20(25)26/h3-8H,9H2,1-2H3,(H,25,26)(H,27,28). The Bertz CT molecular complexity index is 1360. The van der Waals surface area contributed by atoms with Gasteiger partial charge >= 0.3 is 11.9 Å². The average molecular weight is 424 g/mol. The number of aromatic carboxylic acids is 2. The van der Waals surface area contributed by atoms with Crippen molar-refractivity contribution in [3.63, 3.8) is 0 Å². The molecule has 4 aromatic rings. The predicted molar refractivity (Wildman–Crippen MR) is 111 cm³/mol. The highest BCUT2D eigenvalue weighted by molar-refractivity contribution is 7.20. The molecule has 0 unspecified atom stereocenters. The van der Waals surface area contributed by atoms with Gasteiger partial charge in [-0.25, -0.2) is 14.6 Å². The molecule has 30 heavy (non-hydrogen) atoms. The Morgan fingerprint density at radius 2 is 1.77 bits per heavy atom. The monoisotopic (exact) mass is 424 g/mol. The second-order valence-corrected chi connectivity index (χ2v) is 7.80. The third kappa shape index (κ3) is 3.29. The molecule has 3 heterocycles. The van der Waals surface area contributed by atoms with E-state index < -0.39 is 17.5 Å². The van der Waals surface area contributed by atoms with Crippen molar-refractivity contribution in [2.45, 2.75) is 20.4 Å². The molecule has 0 aliphatic carbocycles. The molecule has 0 fully saturated rings. The number of aryl methyl sites for hydroxylation is 2. The van der Waals surface area contributed by atoms with Crippen LogP contribution in [0.5, 0.6) is 0 Å². The van der Waals surface area contributed by atoms with E-state index in [-0.39, 0.29) is 28.3 Å². The number of benzene rings is 1. The van der Waals surface area contributed by atoms with Crippen LogP contribution in [0.25, 0.3) is 21.6 Å². The number of carboxylic acid groups (broad SMARTS) is 2. The minimum absolute atomic E-state index is 0.0457. The summed E-state index contributed by atoms with van der Waals surface area (Å²) in [5.41, 5.74) is 1.65. The number of hydrogen-bond acceptors (Lipinski definition) is 6. The van der Waals surface area contributed by atoms with Crippen molar-refractivity contribution in [3.05, 3.63) is 74.3 Å². The van der Waals surface area contributed by atoms with Gasteiger partial charge in [0.15, 0.2) is 0 Å². The van der Waals surface area contributed by atoms with Gasteiger partial charge in [-0.1, -0.05) is 29.8 Å². The lowest BCUT2D eigenvalue weighted by Crippen LogP contribution is -2.24. The Morgan fingerprint density at radius 1 is 1.07 bits per heavy atom. The van der Waals surface area contributed by atoms with Gasteiger partial charge in [0.05, 0.1) is 11.9 Å². The van der Waals surface area contributed by atoms with Crippen molar-refractivity contribution < 1.29 is 24.2 Å². The van der Waals surface area contributed by atoms with E-state index in [4.69, 9.17) is 9.52 Å². The zero-order valence-electron chi connectivity index (χ0n) is 16.0. The van der Waals surface area contributed by atoms with Crippen LogP contribution in [0, 0.1) is 13.8 Å². The van der Waals surface area contributed by atoms with Gasteiger partial charge in [-0.05, 0) is 31.5 Å². The summed E-state index contributed by atoms with van der Waals surface area (Å²) in [6.07, 6.45) is 0. The number of thiophene rings is 1. The molecule has 1 aromatic carbocycles. The van der Waals surface area contributed by atoms with Crippen LogP contribution in [0.3, 0.4) is 0 Å². The average Bonchev–Trinajstić information content (AvgIpc) is 3.29. The molecule has 4 rings (SSSR count). The molecule has 8 nitrogen and oxygen atoms in total. The Hall–Kier alpha value is -3.72. The maximum atomic E-state index is 13.4. The van der Waals surface area contributed by atoms with Gasteiger partial charge in [-0.15, -0.1) is 11.3 Å². The Labute approximate surface area is 173 Å². The molecule has 0 spiro atoms. The van der Waals surface area contributed by atoms with Gasteiger partial charge in [0, 0.05) is 5.56 Å². The van der Waals surface area contributed by atoms with Crippen LogP contribution in [-0.4, -0.2) is 31.7 Å². The lowest BCUT2D eigenvalue weighted by atomic mass is 10.1. The summed E-state index contributed by atoms with van der Waals surface area (Å²) >= 11 is 0.956. The van der Waals surface area contributed by atoms with Crippen molar-refractivity contribution >= 4 is 33.5 Å². The number of furan rings is 1. The van der Waals surface area contributed by atoms with E-state index in [1.165, 1.54) is 16.7 Å². The van der Waals surface area contributed by atoms with E-state index >= 15 is 0 Å². The van der Waals surface area contributed by atoms with Gasteiger partial charge in [0.1, 0.15) is 21.3 Å². The third-order valence-electron chi connectivity index (χ3n) is 4.74. The highest BCUT2D eigenvalue weighted by Crippen LogP contribution is 2.30. The third-order valence-corrected chi connectivity index (χ3v) is 5.91. The summed E-state index contributed by atoms with van der Waals surface area (Å²) in [5.74, 6) is -1.94. The number of hydrogen-bond donors (Lipinski definition) is 2. The summed E-state index contributed by atoms with van der Waals surface area (Å²) in [5, 5.41) is 18.8. The molecule has 152 valence electrons. The van der Waals surface area contributed by atoms with E-state index in [1.54, 1.807) is 6.92 Å². The molecule has 9 heteroatoms. The molecule has 0 aliphatic heterocycles. The zero-order chi connectivity index (χ0) is 21.6. The van der Waals surface area contributed by atoms with Crippen molar-refractivity contribution in [1.82, 2.24) is 9.55 Å². The normalized spacial score (nSPS) is 11.1. The number of fused-ring (bicyclic) bond motifs is 1. The fourth-order valence-electron chi connectivity index (χ4n) is 3.22. The van der Waals surface area contributed by atoms with E-state index in [0.29, 0.717) is 21.8 Å². The van der Waals surface area contributed by atoms with Crippen molar-refractivity contribution in [1.29, 1.82) is 0 Å². The van der Waals surface area contributed by atoms with Crippen LogP contribution in [0.15, 0.2) is 45.6 Å². The second kappa shape index (κ2) is 7.27. The van der Waals surface area contributed by atoms with E-state index in [0.717, 1.165) is 16.9 Å². The smallest absolute Gasteiger partial charge is 0.371 e. The second-order valence-electron chi connectivity index (χ2n) is 6.81. The lowest BCUT2D eigenvalue weighted by molar-refractivity contribution is 0.0657. The molecule has 3 aromatic heterocycles. The largest absolute Gasteiger partial charge is 0.477 e. The highest BCUT2D eigenvalue weighted by Gasteiger charge is 2.22. The molecular weight excluding hydrogens is 408 g/mol. The first kappa shape index (κ1) is 19.6. The summed E-state index contributed by atoms with van der Waals surface area (Å²) in [7, 11) is 0. The maximum absolute atomic E-state index is 13.4. The molecule has 0 saturated carbocycles. The fourth-order valence-corrected chi connectivity index (χ4v) is 4.23. The number of aromatic nitrogens is 2. The van der Waals surface area contributed by atoms with Crippen molar-refractivity contribution in [2.75, 3.05) is 0 Å². The Balaban J connectivity index is 1.97. The quantitative estimate of drug-likeness (QED) is 0.500. The fraction of sp³-hybridized carbons (Fsp3) is 0.143. The molecule has 0 amide bonds. The molecular formula is C21H16N2O6S. The lowest BCUT2D eigenvalue weighted by Gasteiger charge is -2.12. The molecule has 0 atom stereocenters. The molecule has 2 N–H and O–H groups in total. The summed E-state index contributed by atoms with van der Waals surface area (Å²) in [4.78, 5) is 41.0. The van der Waals surface area contributed by atoms with Crippen LogP contribution in [0.2, 0.25) is 0 Å². The number of rotatable bonds is 5. The molecule has 0 aliphatic rings. The number of carbonyl (C=O) groups is 2. The Kier molecular flexibility index (Phi) is 4.75. The number of carboxylic acids is 2. The topological polar surface area (TPSA) is 123 Å². The highest BCUT2D eigenvalue weighted by atomic mass is 32.1. The van der Waals surface area contributed by atoms with E-state index in [1.807, 2.05) is 31.2 Å². The minimum Gasteiger partial charge on any atom is -0.477 e. The summed E-state index contributed by atoms with van der Waals surface area (Å²) in [6.45, 7) is 3.47. The van der Waals surface area contributed by atoms with Gasteiger partial charge in [0.25, 0.3) is 5.56 Å². The first-order chi connectivity index (χ1) is 14.3. The summed E-state index contributed by atoms with van der Waals surface area (Å²) < 4.78 is 6.70. The van der Waals surface area contributed by atoms with Crippen LogP contribution >= 0.6 is 11.3 Å². The maximum Gasteiger partial charge on any atom is 0.371 e. The van der Waals surface area contributed by atoms with Crippen LogP contribution in [0.1, 0.15) is 37.1 Å². The minimum atomic E-state index is -1.21. The SMILES string of the molecule is Cc1ccc(-c2nc3sc(C(=O)O)c(C)c3c(=O)n2Cc2ccc(C(=O)O)o2)cc1.